The number of hydrogen-bond donors (Lipinski definition) is 2. The summed E-state index contributed by atoms with van der Waals surface area (Å²) in [5.41, 5.74) is -5.02. The number of aromatic nitrogens is 2. The minimum atomic E-state index is -4.96. The first-order valence-corrected chi connectivity index (χ1v) is 17.5. The number of alkyl halides is 6. The number of furan rings is 1. The van der Waals surface area contributed by atoms with Crippen molar-refractivity contribution in [1.82, 2.24) is 19.4 Å². The average Bonchev–Trinajstić information content (AvgIpc) is 3.83. The third kappa shape index (κ3) is 8.14. The normalized spacial score (nSPS) is 16.7. The third-order valence-corrected chi connectivity index (χ3v) is 10.7. The summed E-state index contributed by atoms with van der Waals surface area (Å²) in [6.45, 7) is 1.07. The molecule has 1 spiro atoms. The second kappa shape index (κ2) is 14.9. The summed E-state index contributed by atoms with van der Waals surface area (Å²) >= 11 is 1.38. The van der Waals surface area contributed by atoms with Gasteiger partial charge in [-0.25, -0.2) is 9.18 Å². The van der Waals surface area contributed by atoms with Crippen LogP contribution in [0.2, 0.25) is 0 Å². The molecule has 0 bridgehead atoms. The summed E-state index contributed by atoms with van der Waals surface area (Å²) in [6.07, 6.45) is -9.22. The highest BCUT2D eigenvalue weighted by Gasteiger charge is 2.47. The van der Waals surface area contributed by atoms with Gasteiger partial charge in [0.2, 0.25) is 5.76 Å². The van der Waals surface area contributed by atoms with E-state index in [0.29, 0.717) is 6.07 Å². The molecule has 0 amide bonds. The molecular weight excluding hydrogens is 737 g/mol. The highest BCUT2D eigenvalue weighted by atomic mass is 32.1. The maximum absolute atomic E-state index is 15.2. The molecule has 0 saturated carbocycles. The lowest BCUT2D eigenvalue weighted by molar-refractivity contribution is -0.153. The van der Waals surface area contributed by atoms with E-state index in [1.54, 1.807) is 6.07 Å². The number of nitrogens with one attached hydrogen (secondary N) is 1. The van der Waals surface area contributed by atoms with Gasteiger partial charge in [-0.3, -0.25) is 23.6 Å². The highest BCUT2D eigenvalue weighted by Crippen LogP contribution is 2.43. The number of benzene rings is 1. The Bertz CT molecular complexity index is 2090. The topological polar surface area (TPSA) is 119 Å². The number of aliphatic carboxylic acids is 1. The molecule has 286 valence electrons. The van der Waals surface area contributed by atoms with E-state index in [9.17, 15) is 40.7 Å². The van der Waals surface area contributed by atoms with Crippen LogP contribution in [0.5, 0.6) is 0 Å². The number of nitrogens with zero attached hydrogens (tertiary/aromatic N) is 3. The maximum atomic E-state index is 15.2. The van der Waals surface area contributed by atoms with E-state index in [1.807, 2.05) is 17.9 Å². The zero-order chi connectivity index (χ0) is 38.3. The molecule has 0 radical (unpaired) electrons. The van der Waals surface area contributed by atoms with Crippen LogP contribution >= 0.6 is 11.3 Å². The number of ether oxygens (including phenoxy) is 1. The summed E-state index contributed by atoms with van der Waals surface area (Å²) in [5.74, 6) is -3.26. The van der Waals surface area contributed by atoms with Gasteiger partial charge in [0.05, 0.1) is 49.1 Å². The van der Waals surface area contributed by atoms with E-state index in [2.05, 4.69) is 5.32 Å². The van der Waals surface area contributed by atoms with Gasteiger partial charge in [0.1, 0.15) is 17.2 Å². The van der Waals surface area contributed by atoms with E-state index in [4.69, 9.17) is 14.3 Å². The van der Waals surface area contributed by atoms with Gasteiger partial charge < -0.3 is 19.6 Å². The molecule has 4 aromatic rings. The summed E-state index contributed by atoms with van der Waals surface area (Å²) < 4.78 is 110. The minimum absolute atomic E-state index is 0.0138. The smallest absolute Gasteiger partial charge is 0.449 e. The second-order valence-corrected chi connectivity index (χ2v) is 14.5. The number of halogens is 7. The van der Waals surface area contributed by atoms with Gasteiger partial charge in [0, 0.05) is 34.8 Å². The number of piperidine rings is 1. The largest absolute Gasteiger partial charge is 0.481 e. The van der Waals surface area contributed by atoms with Crippen molar-refractivity contribution < 1.29 is 49.8 Å². The predicted molar refractivity (Wildman–Crippen MR) is 177 cm³/mol. The first kappa shape index (κ1) is 38.5. The quantitative estimate of drug-likeness (QED) is 0.125. The monoisotopic (exact) mass is 772 g/mol. The van der Waals surface area contributed by atoms with E-state index in [-0.39, 0.29) is 82.0 Å². The molecule has 6 rings (SSSR count). The number of rotatable bonds is 12. The van der Waals surface area contributed by atoms with Crippen molar-refractivity contribution in [2.75, 3.05) is 19.6 Å². The Morgan fingerprint density at radius 3 is 2.36 bits per heavy atom. The SMILES string of the molecule is Cc1ccc(C(Cn2c(=O)c3c(n(Cc4c(F)cccc4C(F)(F)F)c2=O)COC32CCN(Cc3ccc(C(F)(F)F)o3)CC2)NCCCC(=O)O)s1. The molecule has 1 saturated heterocycles. The molecule has 2 aliphatic heterocycles. The van der Waals surface area contributed by atoms with Gasteiger partial charge in [-0.05, 0) is 69.1 Å². The first-order chi connectivity index (χ1) is 25.0. The van der Waals surface area contributed by atoms with Gasteiger partial charge in [-0.2, -0.15) is 26.3 Å². The van der Waals surface area contributed by atoms with Crippen molar-refractivity contribution in [3.63, 3.8) is 0 Å². The van der Waals surface area contributed by atoms with Crippen molar-refractivity contribution >= 4 is 17.3 Å². The standard InChI is InChI=1S/C35H35F7N4O6S/c1-20-7-9-27(53-20)25(43-13-3-6-29(47)48)18-46-31(49)30-26(45(32(46)50)17-22-23(34(37,38)39)4-2-5-24(22)36)19-51-33(30)11-14-44(15-12-33)16-21-8-10-28(52-21)35(40,41)42/h2,4-5,7-10,25,43H,3,6,11-19H2,1H3,(H,47,48). The van der Waals surface area contributed by atoms with Gasteiger partial charge >= 0.3 is 24.0 Å². The fourth-order valence-electron chi connectivity index (χ4n) is 6.99. The van der Waals surface area contributed by atoms with Crippen LogP contribution in [-0.4, -0.2) is 44.7 Å². The van der Waals surface area contributed by atoms with E-state index in [1.165, 1.54) is 17.4 Å². The Labute approximate surface area is 301 Å². The second-order valence-electron chi connectivity index (χ2n) is 13.1. The Morgan fingerprint density at radius 1 is 1.00 bits per heavy atom. The Morgan fingerprint density at radius 2 is 1.74 bits per heavy atom. The number of likely N-dealkylation sites (tertiary alicyclic amines) is 1. The van der Waals surface area contributed by atoms with Gasteiger partial charge in [-0.15, -0.1) is 11.3 Å². The molecular formula is C35H35F7N4O6S. The molecule has 2 aliphatic rings. The number of carboxylic acid groups (broad SMARTS) is 1. The molecule has 1 fully saturated rings. The average molecular weight is 773 g/mol. The minimum Gasteiger partial charge on any atom is -0.481 e. The zero-order valence-electron chi connectivity index (χ0n) is 28.3. The van der Waals surface area contributed by atoms with Crippen molar-refractivity contribution in [3.05, 3.63) is 113 Å². The molecule has 5 heterocycles. The third-order valence-electron chi connectivity index (χ3n) is 9.63. The summed E-state index contributed by atoms with van der Waals surface area (Å²) in [5, 5.41) is 12.3. The number of hydrogen-bond acceptors (Lipinski definition) is 8. The van der Waals surface area contributed by atoms with Crippen LogP contribution in [0.3, 0.4) is 0 Å². The van der Waals surface area contributed by atoms with Crippen LogP contribution in [0.1, 0.15) is 75.4 Å². The lowest BCUT2D eigenvalue weighted by atomic mass is 9.85. The molecule has 1 aromatic carbocycles. The Balaban J connectivity index is 1.39. The van der Waals surface area contributed by atoms with Crippen LogP contribution in [0.15, 0.2) is 56.5 Å². The fourth-order valence-corrected chi connectivity index (χ4v) is 7.94. The lowest BCUT2D eigenvalue weighted by Crippen LogP contribution is -2.50. The number of carbonyl (C=O) groups is 1. The van der Waals surface area contributed by atoms with E-state index >= 15 is 4.39 Å². The van der Waals surface area contributed by atoms with Crippen LogP contribution in [0, 0.1) is 12.7 Å². The zero-order valence-corrected chi connectivity index (χ0v) is 29.1. The van der Waals surface area contributed by atoms with Gasteiger partial charge in [-0.1, -0.05) is 6.07 Å². The van der Waals surface area contributed by atoms with E-state index < -0.39 is 70.5 Å². The van der Waals surface area contributed by atoms with E-state index in [0.717, 1.165) is 37.1 Å². The van der Waals surface area contributed by atoms with Crippen molar-refractivity contribution in [1.29, 1.82) is 0 Å². The van der Waals surface area contributed by atoms with Crippen LogP contribution < -0.4 is 16.6 Å². The van der Waals surface area contributed by atoms with Crippen LogP contribution in [-0.2, 0) is 53.7 Å². The Hall–Kier alpha value is -4.26. The molecule has 0 aliphatic carbocycles. The summed E-state index contributed by atoms with van der Waals surface area (Å²) in [6, 6.07) is 7.47. The van der Waals surface area contributed by atoms with Crippen molar-refractivity contribution in [2.45, 2.75) is 82.8 Å². The molecule has 1 atom stereocenters. The first-order valence-electron chi connectivity index (χ1n) is 16.7. The van der Waals surface area contributed by atoms with Crippen molar-refractivity contribution in [2.24, 2.45) is 0 Å². The maximum Gasteiger partial charge on any atom is 0.449 e. The number of thiophene rings is 1. The molecule has 10 nitrogen and oxygen atoms in total. The summed E-state index contributed by atoms with van der Waals surface area (Å²) in [4.78, 5) is 43.3. The number of aryl methyl sites for hydroxylation is 1. The van der Waals surface area contributed by atoms with Crippen molar-refractivity contribution in [3.8, 4) is 0 Å². The predicted octanol–water partition coefficient (Wildman–Crippen LogP) is 6.42. The molecule has 2 N–H and O–H groups in total. The molecule has 18 heteroatoms. The van der Waals surface area contributed by atoms with Gasteiger partial charge in [0.15, 0.2) is 0 Å². The Kier molecular flexibility index (Phi) is 10.8. The summed E-state index contributed by atoms with van der Waals surface area (Å²) in [7, 11) is 0. The fraction of sp³-hybridized carbons (Fsp3) is 0.457. The lowest BCUT2D eigenvalue weighted by Gasteiger charge is -2.38. The molecule has 3 aromatic heterocycles. The number of carboxylic acids is 1. The van der Waals surface area contributed by atoms with Gasteiger partial charge in [0.25, 0.3) is 5.56 Å². The number of fused-ring (bicyclic) bond motifs is 2. The highest BCUT2D eigenvalue weighted by molar-refractivity contribution is 7.12. The van der Waals surface area contributed by atoms with Crippen LogP contribution in [0.25, 0.3) is 0 Å². The molecule has 53 heavy (non-hydrogen) atoms. The van der Waals surface area contributed by atoms with Crippen LogP contribution in [0.4, 0.5) is 30.7 Å². The molecule has 1 unspecified atom stereocenters.